The number of aromatic nitrogens is 1. The maximum Gasteiger partial charge on any atom is 0.125 e. The average Bonchev–Trinajstić information content (AvgIpc) is 2.88. The number of hydrogen-bond acceptors (Lipinski definition) is 4. The first-order valence-corrected chi connectivity index (χ1v) is 7.60. The van der Waals surface area contributed by atoms with Crippen molar-refractivity contribution in [3.8, 4) is 0 Å². The molecule has 0 amide bonds. The first kappa shape index (κ1) is 12.5. The number of nitrogens with zero attached hydrogens (tertiary/aromatic N) is 1. The molecule has 1 N–H and O–H groups in total. The lowest BCUT2D eigenvalue weighted by molar-refractivity contribution is 0.968. The Hall–Kier alpha value is -1.00. The zero-order valence-corrected chi connectivity index (χ0v) is 11.5. The summed E-state index contributed by atoms with van der Waals surface area (Å²) < 4.78 is 1.36. The van der Waals surface area contributed by atoms with Gasteiger partial charge in [0.2, 0.25) is 0 Å². The second kappa shape index (κ2) is 6.67. The van der Waals surface area contributed by atoms with Crippen molar-refractivity contribution >= 4 is 28.9 Å². The Morgan fingerprint density at radius 1 is 1.35 bits per heavy atom. The summed E-state index contributed by atoms with van der Waals surface area (Å²) >= 11 is 3.65. The normalized spacial score (nSPS) is 10.4. The minimum atomic E-state index is 0.969. The van der Waals surface area contributed by atoms with E-state index in [1.54, 1.807) is 11.3 Å². The predicted molar refractivity (Wildman–Crippen MR) is 76.9 cm³/mol. The van der Waals surface area contributed by atoms with Crippen molar-refractivity contribution in [2.24, 2.45) is 0 Å². The van der Waals surface area contributed by atoms with E-state index in [0.29, 0.717) is 0 Å². The molecule has 90 valence electrons. The molecule has 0 saturated heterocycles. The third kappa shape index (κ3) is 4.06. The lowest BCUT2D eigenvalue weighted by Crippen LogP contribution is -2.01. The summed E-state index contributed by atoms with van der Waals surface area (Å²) in [5, 5.41) is 5.38. The molecule has 2 nitrogen and oxygen atoms in total. The summed E-state index contributed by atoms with van der Waals surface area (Å²) in [6.45, 7) is 3.13. The van der Waals surface area contributed by atoms with Crippen molar-refractivity contribution in [1.82, 2.24) is 4.98 Å². The largest absolute Gasteiger partial charge is 0.370 e. The molecule has 0 bridgehead atoms. The van der Waals surface area contributed by atoms with Crippen LogP contribution in [0.15, 0.2) is 40.1 Å². The molecule has 17 heavy (non-hydrogen) atoms. The van der Waals surface area contributed by atoms with Crippen LogP contribution in [0.5, 0.6) is 0 Å². The second-order valence-corrected chi connectivity index (χ2v) is 5.92. The highest BCUT2D eigenvalue weighted by atomic mass is 32.2. The molecule has 2 heterocycles. The van der Waals surface area contributed by atoms with Gasteiger partial charge in [0, 0.05) is 18.5 Å². The molecule has 0 aliphatic heterocycles. The van der Waals surface area contributed by atoms with Gasteiger partial charge in [-0.1, -0.05) is 19.1 Å². The topological polar surface area (TPSA) is 24.9 Å². The zero-order chi connectivity index (χ0) is 11.9. The summed E-state index contributed by atoms with van der Waals surface area (Å²) in [5.41, 5.74) is 1.27. The quantitative estimate of drug-likeness (QED) is 0.789. The van der Waals surface area contributed by atoms with Crippen molar-refractivity contribution in [1.29, 1.82) is 0 Å². The third-order valence-corrected chi connectivity index (χ3v) is 4.46. The van der Waals surface area contributed by atoms with Crippen LogP contribution in [0.25, 0.3) is 0 Å². The van der Waals surface area contributed by atoms with Gasteiger partial charge in [0.15, 0.2) is 0 Å². The fourth-order valence-electron chi connectivity index (χ4n) is 1.37. The van der Waals surface area contributed by atoms with Crippen molar-refractivity contribution in [2.75, 3.05) is 11.9 Å². The van der Waals surface area contributed by atoms with E-state index in [9.17, 15) is 0 Å². The summed E-state index contributed by atoms with van der Waals surface area (Å²) in [5.74, 6) is 1.96. The summed E-state index contributed by atoms with van der Waals surface area (Å²) in [4.78, 5) is 4.40. The molecule has 0 spiro atoms. The van der Waals surface area contributed by atoms with E-state index in [4.69, 9.17) is 0 Å². The summed E-state index contributed by atoms with van der Waals surface area (Å²) in [7, 11) is 0. The standard InChI is InChI=1S/C13H16N2S2/c1-2-7-14-12-6-5-11(9-15-12)10-17-13-4-3-8-16-13/h3-6,8-9H,2,7,10H2,1H3,(H,14,15). The van der Waals surface area contributed by atoms with Crippen LogP contribution in [-0.4, -0.2) is 11.5 Å². The average molecular weight is 264 g/mol. The Morgan fingerprint density at radius 2 is 2.29 bits per heavy atom. The number of rotatable bonds is 6. The Bertz CT molecular complexity index is 423. The van der Waals surface area contributed by atoms with Crippen LogP contribution in [0.4, 0.5) is 5.82 Å². The minimum Gasteiger partial charge on any atom is -0.370 e. The Balaban J connectivity index is 1.85. The van der Waals surface area contributed by atoms with E-state index in [2.05, 4.69) is 46.9 Å². The van der Waals surface area contributed by atoms with Crippen LogP contribution < -0.4 is 5.32 Å². The van der Waals surface area contributed by atoms with Crippen molar-refractivity contribution < 1.29 is 0 Å². The van der Waals surface area contributed by atoms with Crippen LogP contribution in [0.2, 0.25) is 0 Å². The molecule has 2 aromatic heterocycles. The SMILES string of the molecule is CCCNc1ccc(CSc2cccs2)cn1. The molecular formula is C13H16N2S2. The molecular weight excluding hydrogens is 248 g/mol. The highest BCUT2D eigenvalue weighted by Gasteiger charge is 1.98. The van der Waals surface area contributed by atoms with E-state index in [-0.39, 0.29) is 0 Å². The minimum absolute atomic E-state index is 0.969. The number of thioether (sulfide) groups is 1. The smallest absolute Gasteiger partial charge is 0.125 e. The van der Waals surface area contributed by atoms with Gasteiger partial charge in [-0.3, -0.25) is 0 Å². The van der Waals surface area contributed by atoms with Crippen LogP contribution in [0.3, 0.4) is 0 Å². The van der Waals surface area contributed by atoms with Crippen LogP contribution in [0.1, 0.15) is 18.9 Å². The maximum atomic E-state index is 4.40. The first-order valence-electron chi connectivity index (χ1n) is 5.73. The second-order valence-electron chi connectivity index (χ2n) is 3.70. The monoisotopic (exact) mass is 264 g/mol. The van der Waals surface area contributed by atoms with Crippen LogP contribution >= 0.6 is 23.1 Å². The van der Waals surface area contributed by atoms with Gasteiger partial charge in [0.1, 0.15) is 5.82 Å². The first-order chi connectivity index (χ1) is 8.38. The van der Waals surface area contributed by atoms with Gasteiger partial charge in [-0.15, -0.1) is 23.1 Å². The van der Waals surface area contributed by atoms with Gasteiger partial charge in [-0.2, -0.15) is 0 Å². The predicted octanol–water partition coefficient (Wildman–Crippen LogP) is 4.26. The summed E-state index contributed by atoms with van der Waals surface area (Å²) in [6.07, 6.45) is 3.08. The van der Waals surface area contributed by atoms with Gasteiger partial charge in [0.05, 0.1) is 4.21 Å². The van der Waals surface area contributed by atoms with Gasteiger partial charge in [0.25, 0.3) is 0 Å². The van der Waals surface area contributed by atoms with Gasteiger partial charge in [-0.25, -0.2) is 4.98 Å². The highest BCUT2D eigenvalue weighted by molar-refractivity contribution is 8.00. The number of hydrogen-bond donors (Lipinski definition) is 1. The van der Waals surface area contributed by atoms with Gasteiger partial charge < -0.3 is 5.32 Å². The van der Waals surface area contributed by atoms with Crippen molar-refractivity contribution in [2.45, 2.75) is 23.3 Å². The van der Waals surface area contributed by atoms with Gasteiger partial charge in [-0.05, 0) is 29.5 Å². The van der Waals surface area contributed by atoms with Gasteiger partial charge >= 0.3 is 0 Å². The van der Waals surface area contributed by atoms with Crippen LogP contribution in [0, 0.1) is 0 Å². The van der Waals surface area contributed by atoms with E-state index in [0.717, 1.165) is 24.5 Å². The van der Waals surface area contributed by atoms with Crippen molar-refractivity contribution in [3.05, 3.63) is 41.4 Å². The molecule has 0 atom stereocenters. The van der Waals surface area contributed by atoms with E-state index >= 15 is 0 Å². The molecule has 2 aromatic rings. The van der Waals surface area contributed by atoms with E-state index < -0.39 is 0 Å². The Morgan fingerprint density at radius 3 is 2.94 bits per heavy atom. The summed E-state index contributed by atoms with van der Waals surface area (Å²) in [6, 6.07) is 8.44. The zero-order valence-electron chi connectivity index (χ0n) is 9.85. The number of thiophene rings is 1. The molecule has 0 saturated carbocycles. The Kier molecular flexibility index (Phi) is 4.88. The fraction of sp³-hybridized carbons (Fsp3) is 0.308. The molecule has 0 aliphatic rings. The third-order valence-electron chi connectivity index (χ3n) is 2.26. The fourth-order valence-corrected chi connectivity index (χ4v) is 3.09. The maximum absolute atomic E-state index is 4.40. The van der Waals surface area contributed by atoms with Crippen LogP contribution in [-0.2, 0) is 5.75 Å². The number of anilines is 1. The Labute approximate surface area is 110 Å². The molecule has 0 aromatic carbocycles. The molecule has 0 radical (unpaired) electrons. The lowest BCUT2D eigenvalue weighted by Gasteiger charge is -2.04. The number of pyridine rings is 1. The van der Waals surface area contributed by atoms with E-state index in [1.807, 2.05) is 18.0 Å². The lowest BCUT2D eigenvalue weighted by atomic mass is 10.3. The molecule has 4 heteroatoms. The molecule has 0 fully saturated rings. The van der Waals surface area contributed by atoms with E-state index in [1.165, 1.54) is 9.77 Å². The molecule has 2 rings (SSSR count). The molecule has 0 aliphatic carbocycles. The highest BCUT2D eigenvalue weighted by Crippen LogP contribution is 2.26. The molecule has 0 unspecified atom stereocenters. The van der Waals surface area contributed by atoms with Crippen molar-refractivity contribution in [3.63, 3.8) is 0 Å². The number of nitrogens with one attached hydrogen (secondary N) is 1.